The molecule has 2 aliphatic carbocycles. The molecule has 2 aliphatic rings. The molecule has 2 saturated carbocycles. The van der Waals surface area contributed by atoms with E-state index in [1.165, 1.54) is 25.7 Å². The molecule has 19 heavy (non-hydrogen) atoms. The number of halogens is 2. The van der Waals surface area contributed by atoms with Crippen LogP contribution in [0.1, 0.15) is 32.6 Å². The van der Waals surface area contributed by atoms with Crippen molar-refractivity contribution >= 4 is 34.8 Å². The van der Waals surface area contributed by atoms with Crippen molar-refractivity contribution in [3.8, 4) is 0 Å². The second-order valence-corrected chi connectivity index (χ2v) is 6.42. The molecule has 2 N–H and O–H groups in total. The van der Waals surface area contributed by atoms with Crippen molar-refractivity contribution in [3.05, 3.63) is 16.1 Å². The van der Waals surface area contributed by atoms with Gasteiger partial charge in [-0.25, -0.2) is 4.98 Å². The van der Waals surface area contributed by atoms with Crippen molar-refractivity contribution in [2.24, 2.45) is 11.8 Å². The van der Waals surface area contributed by atoms with Gasteiger partial charge in [0.2, 0.25) is 0 Å². The van der Waals surface area contributed by atoms with E-state index in [-0.39, 0.29) is 0 Å². The molecule has 3 atom stereocenters. The van der Waals surface area contributed by atoms with E-state index in [0.29, 0.717) is 21.9 Å². The standard InChI is InChI=1S/C14H19Cl2N3/c1-2-17-13-10(15)7-11(16)14(19-13)18-12-6-8-3-4-9(12)5-8/h7-9,12H,2-6H2,1H3,(H2,17,18,19). The van der Waals surface area contributed by atoms with Gasteiger partial charge in [0.05, 0.1) is 10.0 Å². The highest BCUT2D eigenvalue weighted by Gasteiger charge is 2.39. The van der Waals surface area contributed by atoms with Crippen molar-refractivity contribution in [2.75, 3.05) is 17.2 Å². The van der Waals surface area contributed by atoms with Gasteiger partial charge >= 0.3 is 0 Å². The van der Waals surface area contributed by atoms with Crippen LogP contribution in [0, 0.1) is 11.8 Å². The number of hydrogen-bond donors (Lipinski definition) is 2. The summed E-state index contributed by atoms with van der Waals surface area (Å²) in [6.45, 7) is 2.82. The fourth-order valence-electron chi connectivity index (χ4n) is 3.46. The van der Waals surface area contributed by atoms with Gasteiger partial charge in [-0.15, -0.1) is 0 Å². The third kappa shape index (κ3) is 2.63. The van der Waals surface area contributed by atoms with Crippen molar-refractivity contribution in [1.29, 1.82) is 0 Å². The van der Waals surface area contributed by atoms with Crippen LogP contribution in [0.15, 0.2) is 6.07 Å². The van der Waals surface area contributed by atoms with Crippen LogP contribution in [0.4, 0.5) is 11.6 Å². The molecule has 0 aliphatic heterocycles. The van der Waals surface area contributed by atoms with E-state index in [1.54, 1.807) is 6.07 Å². The Balaban J connectivity index is 1.78. The first kappa shape index (κ1) is 13.3. The first-order valence-electron chi connectivity index (χ1n) is 7.03. The van der Waals surface area contributed by atoms with Gasteiger partial charge in [-0.05, 0) is 44.1 Å². The van der Waals surface area contributed by atoms with Crippen LogP contribution in [0.3, 0.4) is 0 Å². The summed E-state index contributed by atoms with van der Waals surface area (Å²) in [6, 6.07) is 2.29. The molecule has 3 nitrogen and oxygen atoms in total. The average molecular weight is 300 g/mol. The zero-order chi connectivity index (χ0) is 13.4. The Morgan fingerprint density at radius 2 is 2.00 bits per heavy atom. The molecule has 104 valence electrons. The summed E-state index contributed by atoms with van der Waals surface area (Å²) < 4.78 is 0. The maximum absolute atomic E-state index is 6.24. The molecule has 0 amide bonds. The predicted octanol–water partition coefficient (Wildman–Crippen LogP) is 4.42. The molecule has 1 aromatic heterocycles. The van der Waals surface area contributed by atoms with E-state index in [1.807, 2.05) is 6.92 Å². The predicted molar refractivity (Wildman–Crippen MR) is 81.3 cm³/mol. The molecule has 0 spiro atoms. The van der Waals surface area contributed by atoms with Gasteiger partial charge in [-0.1, -0.05) is 29.6 Å². The highest BCUT2D eigenvalue weighted by atomic mass is 35.5. The molecular formula is C14H19Cl2N3. The molecule has 0 saturated heterocycles. The number of hydrogen-bond acceptors (Lipinski definition) is 3. The molecule has 0 aromatic carbocycles. The van der Waals surface area contributed by atoms with Gasteiger partial charge in [0, 0.05) is 12.6 Å². The van der Waals surface area contributed by atoms with Crippen LogP contribution in [-0.4, -0.2) is 17.6 Å². The largest absolute Gasteiger partial charge is 0.369 e. The van der Waals surface area contributed by atoms with Gasteiger partial charge in [-0.3, -0.25) is 0 Å². The van der Waals surface area contributed by atoms with E-state index >= 15 is 0 Å². The van der Waals surface area contributed by atoms with Crippen LogP contribution in [-0.2, 0) is 0 Å². The molecule has 3 unspecified atom stereocenters. The van der Waals surface area contributed by atoms with Crippen molar-refractivity contribution in [3.63, 3.8) is 0 Å². The molecule has 2 bridgehead atoms. The third-order valence-corrected chi connectivity index (χ3v) is 4.91. The second kappa shape index (κ2) is 5.37. The van der Waals surface area contributed by atoms with E-state index in [9.17, 15) is 0 Å². The summed E-state index contributed by atoms with van der Waals surface area (Å²) in [6.07, 6.45) is 5.35. The molecule has 2 fully saturated rings. The fraction of sp³-hybridized carbons (Fsp3) is 0.643. The number of nitrogens with zero attached hydrogens (tertiary/aromatic N) is 1. The fourth-order valence-corrected chi connectivity index (χ4v) is 3.94. The summed E-state index contributed by atoms with van der Waals surface area (Å²) in [5, 5.41) is 7.87. The Kier molecular flexibility index (Phi) is 3.77. The number of anilines is 2. The van der Waals surface area contributed by atoms with E-state index in [0.717, 1.165) is 24.2 Å². The van der Waals surface area contributed by atoms with Crippen molar-refractivity contribution in [1.82, 2.24) is 4.98 Å². The Morgan fingerprint density at radius 3 is 2.63 bits per heavy atom. The molecular weight excluding hydrogens is 281 g/mol. The summed E-state index contributed by atoms with van der Waals surface area (Å²) in [4.78, 5) is 4.52. The first-order valence-corrected chi connectivity index (χ1v) is 7.79. The van der Waals surface area contributed by atoms with Gasteiger partial charge in [0.25, 0.3) is 0 Å². The Bertz CT molecular complexity index is 478. The summed E-state index contributed by atoms with van der Waals surface area (Å²) >= 11 is 12.4. The van der Waals surface area contributed by atoms with Gasteiger partial charge in [0.1, 0.15) is 11.6 Å². The first-order chi connectivity index (χ1) is 9.17. The lowest BCUT2D eigenvalue weighted by Gasteiger charge is -2.24. The number of aromatic nitrogens is 1. The topological polar surface area (TPSA) is 37.0 Å². The SMILES string of the molecule is CCNc1nc(NC2CC3CCC2C3)c(Cl)cc1Cl. The highest BCUT2D eigenvalue weighted by molar-refractivity contribution is 6.37. The number of pyridine rings is 1. The third-order valence-electron chi connectivity index (χ3n) is 4.33. The van der Waals surface area contributed by atoms with Crippen LogP contribution in [0.2, 0.25) is 10.0 Å². The molecule has 1 aromatic rings. The summed E-state index contributed by atoms with van der Waals surface area (Å²) in [5.41, 5.74) is 0. The van der Waals surface area contributed by atoms with Crippen LogP contribution >= 0.6 is 23.2 Å². The maximum Gasteiger partial charge on any atom is 0.147 e. The lowest BCUT2D eigenvalue weighted by atomic mass is 9.95. The molecule has 1 heterocycles. The van der Waals surface area contributed by atoms with E-state index < -0.39 is 0 Å². The van der Waals surface area contributed by atoms with Gasteiger partial charge in [-0.2, -0.15) is 0 Å². The summed E-state index contributed by atoms with van der Waals surface area (Å²) in [5.74, 6) is 3.17. The normalized spacial score (nSPS) is 28.7. The Labute approximate surface area is 124 Å². The number of rotatable bonds is 4. The molecule has 0 radical (unpaired) electrons. The lowest BCUT2D eigenvalue weighted by Crippen LogP contribution is -2.26. The number of nitrogens with one attached hydrogen (secondary N) is 2. The smallest absolute Gasteiger partial charge is 0.147 e. The Morgan fingerprint density at radius 1 is 1.21 bits per heavy atom. The van der Waals surface area contributed by atoms with Crippen molar-refractivity contribution in [2.45, 2.75) is 38.6 Å². The molecule has 3 rings (SSSR count). The minimum atomic E-state index is 0.527. The quantitative estimate of drug-likeness (QED) is 0.864. The monoisotopic (exact) mass is 299 g/mol. The second-order valence-electron chi connectivity index (χ2n) is 5.61. The van der Waals surface area contributed by atoms with Gasteiger partial charge in [0.15, 0.2) is 0 Å². The minimum Gasteiger partial charge on any atom is -0.369 e. The van der Waals surface area contributed by atoms with Crippen LogP contribution in [0.5, 0.6) is 0 Å². The van der Waals surface area contributed by atoms with Crippen molar-refractivity contribution < 1.29 is 0 Å². The average Bonchev–Trinajstić information content (AvgIpc) is 2.97. The van der Waals surface area contributed by atoms with Crippen LogP contribution < -0.4 is 10.6 Å². The van der Waals surface area contributed by atoms with E-state index in [4.69, 9.17) is 23.2 Å². The lowest BCUT2D eigenvalue weighted by molar-refractivity contribution is 0.439. The minimum absolute atomic E-state index is 0.527. The van der Waals surface area contributed by atoms with Gasteiger partial charge < -0.3 is 10.6 Å². The van der Waals surface area contributed by atoms with Crippen LogP contribution in [0.25, 0.3) is 0 Å². The molecule has 5 heteroatoms. The Hall–Kier alpha value is -0.670. The number of fused-ring (bicyclic) bond motifs is 2. The zero-order valence-electron chi connectivity index (χ0n) is 11.0. The summed E-state index contributed by atoms with van der Waals surface area (Å²) in [7, 11) is 0. The highest BCUT2D eigenvalue weighted by Crippen LogP contribution is 2.46. The zero-order valence-corrected chi connectivity index (χ0v) is 12.6. The maximum atomic E-state index is 6.24. The van der Waals surface area contributed by atoms with E-state index in [2.05, 4.69) is 15.6 Å².